The number of carbonyl (C=O) groups is 3. The zero-order chi connectivity index (χ0) is 18.3. The highest BCUT2D eigenvalue weighted by Crippen LogP contribution is 2.17. The second kappa shape index (κ2) is 8.62. The third-order valence-electron chi connectivity index (χ3n) is 2.62. The molecule has 0 saturated carbocycles. The van der Waals surface area contributed by atoms with Gasteiger partial charge >= 0.3 is 6.09 Å². The van der Waals surface area contributed by atoms with Crippen LogP contribution in [0.4, 0.5) is 4.79 Å². The van der Waals surface area contributed by atoms with Crippen molar-refractivity contribution in [3.8, 4) is 0 Å². The van der Waals surface area contributed by atoms with E-state index < -0.39 is 11.7 Å². The van der Waals surface area contributed by atoms with Crippen LogP contribution < -0.4 is 16.0 Å². The van der Waals surface area contributed by atoms with Crippen molar-refractivity contribution < 1.29 is 19.1 Å². The van der Waals surface area contributed by atoms with E-state index in [2.05, 4.69) is 20.9 Å². The number of hydrogen-bond acceptors (Lipinski definition) is 6. The largest absolute Gasteiger partial charge is 0.444 e. The number of carbonyl (C=O) groups excluding carboxylic acids is 3. The highest BCUT2D eigenvalue weighted by molar-refractivity contribution is 7.09. The molecule has 0 radical (unpaired) electrons. The van der Waals surface area contributed by atoms with Gasteiger partial charge in [0.05, 0.1) is 6.04 Å². The van der Waals surface area contributed by atoms with Crippen molar-refractivity contribution in [1.29, 1.82) is 0 Å². The predicted octanol–water partition coefficient (Wildman–Crippen LogP) is 1.59. The average molecular weight is 356 g/mol. The quantitative estimate of drug-likeness (QED) is 0.671. The summed E-state index contributed by atoms with van der Waals surface area (Å²) in [5, 5.41) is 10.2. The molecule has 1 atom stereocenters. The van der Waals surface area contributed by atoms with Crippen molar-refractivity contribution in [2.75, 3.05) is 13.1 Å². The summed E-state index contributed by atoms with van der Waals surface area (Å²) in [4.78, 5) is 38.7. The van der Waals surface area contributed by atoms with Gasteiger partial charge in [-0.05, 0) is 27.7 Å². The van der Waals surface area contributed by atoms with Crippen LogP contribution >= 0.6 is 11.3 Å². The standard InChI is InChI=1S/C15H24N4O4S/c1-9(18-10(2)20)13-19-11(8-24-13)12(21)16-6-7-17-14(22)23-15(3,4)5/h8-9H,6-7H2,1-5H3,(H,16,21)(H,17,22)(H,18,20). The summed E-state index contributed by atoms with van der Waals surface area (Å²) < 4.78 is 5.08. The summed E-state index contributed by atoms with van der Waals surface area (Å²) in [6.07, 6.45) is -0.531. The topological polar surface area (TPSA) is 109 Å². The maximum atomic E-state index is 12.0. The Morgan fingerprint density at radius 3 is 2.46 bits per heavy atom. The maximum absolute atomic E-state index is 12.0. The Balaban J connectivity index is 2.37. The third-order valence-corrected chi connectivity index (χ3v) is 3.65. The van der Waals surface area contributed by atoms with Gasteiger partial charge in [-0.25, -0.2) is 9.78 Å². The Kier molecular flexibility index (Phi) is 7.15. The van der Waals surface area contributed by atoms with Crippen LogP contribution in [0.1, 0.15) is 56.2 Å². The molecule has 3 N–H and O–H groups in total. The van der Waals surface area contributed by atoms with Gasteiger partial charge in [0.1, 0.15) is 16.3 Å². The normalized spacial score (nSPS) is 12.2. The molecule has 0 aliphatic carbocycles. The van der Waals surface area contributed by atoms with Crippen LogP contribution in [0.2, 0.25) is 0 Å². The molecule has 1 aromatic rings. The first kappa shape index (κ1) is 19.9. The Labute approximate surface area is 145 Å². The third kappa shape index (κ3) is 7.40. The number of nitrogens with one attached hydrogen (secondary N) is 3. The lowest BCUT2D eigenvalue weighted by Crippen LogP contribution is -2.37. The minimum absolute atomic E-state index is 0.156. The Morgan fingerprint density at radius 1 is 1.25 bits per heavy atom. The van der Waals surface area contributed by atoms with Crippen molar-refractivity contribution in [3.63, 3.8) is 0 Å². The minimum Gasteiger partial charge on any atom is -0.444 e. The number of amides is 3. The molecule has 3 amide bonds. The van der Waals surface area contributed by atoms with E-state index in [4.69, 9.17) is 4.74 Å². The zero-order valence-electron chi connectivity index (χ0n) is 14.6. The fourth-order valence-electron chi connectivity index (χ4n) is 1.70. The van der Waals surface area contributed by atoms with Crippen LogP contribution in [0.25, 0.3) is 0 Å². The lowest BCUT2D eigenvalue weighted by atomic mass is 10.2. The molecule has 24 heavy (non-hydrogen) atoms. The van der Waals surface area contributed by atoms with E-state index in [0.29, 0.717) is 5.01 Å². The number of hydrogen-bond donors (Lipinski definition) is 3. The lowest BCUT2D eigenvalue weighted by molar-refractivity contribution is -0.119. The summed E-state index contributed by atoms with van der Waals surface area (Å²) in [7, 11) is 0. The number of aromatic nitrogens is 1. The highest BCUT2D eigenvalue weighted by atomic mass is 32.1. The second-order valence-electron chi connectivity index (χ2n) is 6.18. The zero-order valence-corrected chi connectivity index (χ0v) is 15.4. The molecule has 1 heterocycles. The molecule has 0 aliphatic heterocycles. The summed E-state index contributed by atoms with van der Waals surface area (Å²) >= 11 is 1.30. The van der Waals surface area contributed by atoms with E-state index >= 15 is 0 Å². The first-order chi connectivity index (χ1) is 11.1. The summed E-state index contributed by atoms with van der Waals surface area (Å²) in [5.41, 5.74) is -0.279. The fourth-order valence-corrected chi connectivity index (χ4v) is 2.51. The molecule has 0 bridgehead atoms. The van der Waals surface area contributed by atoms with E-state index in [1.807, 2.05) is 0 Å². The summed E-state index contributed by atoms with van der Waals surface area (Å²) in [6.45, 7) is 9.05. The van der Waals surface area contributed by atoms with Gasteiger partial charge in [-0.15, -0.1) is 11.3 Å². The van der Waals surface area contributed by atoms with Gasteiger partial charge in [0.2, 0.25) is 5.91 Å². The average Bonchev–Trinajstić information content (AvgIpc) is 2.90. The maximum Gasteiger partial charge on any atom is 0.407 e. The summed E-state index contributed by atoms with van der Waals surface area (Å²) in [6, 6.07) is -0.247. The van der Waals surface area contributed by atoms with E-state index in [1.165, 1.54) is 18.3 Å². The fraction of sp³-hybridized carbons (Fsp3) is 0.600. The first-order valence-corrected chi connectivity index (χ1v) is 8.44. The Hall–Kier alpha value is -2.16. The number of thiazole rings is 1. The van der Waals surface area contributed by atoms with Crippen molar-refractivity contribution >= 4 is 29.2 Å². The Morgan fingerprint density at radius 2 is 1.88 bits per heavy atom. The molecule has 1 rings (SSSR count). The van der Waals surface area contributed by atoms with E-state index in [9.17, 15) is 14.4 Å². The van der Waals surface area contributed by atoms with Crippen molar-refractivity contribution in [2.24, 2.45) is 0 Å². The lowest BCUT2D eigenvalue weighted by Gasteiger charge is -2.19. The van der Waals surface area contributed by atoms with E-state index in [0.717, 1.165) is 0 Å². The number of rotatable bonds is 6. The monoisotopic (exact) mass is 356 g/mol. The smallest absolute Gasteiger partial charge is 0.407 e. The highest BCUT2D eigenvalue weighted by Gasteiger charge is 2.17. The molecule has 9 heteroatoms. The number of nitrogens with zero attached hydrogens (tertiary/aromatic N) is 1. The molecule has 0 aliphatic rings. The van der Waals surface area contributed by atoms with Crippen LogP contribution in [0, 0.1) is 0 Å². The first-order valence-electron chi connectivity index (χ1n) is 7.56. The molecular formula is C15H24N4O4S. The van der Waals surface area contributed by atoms with Gasteiger partial charge in [-0.2, -0.15) is 0 Å². The van der Waals surface area contributed by atoms with Crippen LogP contribution in [0.15, 0.2) is 5.38 Å². The molecule has 0 saturated heterocycles. The van der Waals surface area contributed by atoms with Crippen molar-refractivity contribution in [2.45, 2.75) is 46.3 Å². The van der Waals surface area contributed by atoms with Gasteiger partial charge in [-0.1, -0.05) is 0 Å². The molecule has 0 aromatic carbocycles. The van der Waals surface area contributed by atoms with Crippen LogP contribution in [-0.4, -0.2) is 41.6 Å². The van der Waals surface area contributed by atoms with Gasteiger partial charge in [-0.3, -0.25) is 9.59 Å². The molecule has 134 valence electrons. The van der Waals surface area contributed by atoms with E-state index in [1.54, 1.807) is 33.1 Å². The molecule has 0 fully saturated rings. The molecular weight excluding hydrogens is 332 g/mol. The van der Waals surface area contributed by atoms with Crippen molar-refractivity contribution in [1.82, 2.24) is 20.9 Å². The van der Waals surface area contributed by atoms with Crippen LogP contribution in [0.3, 0.4) is 0 Å². The SMILES string of the molecule is CC(=O)NC(C)c1nc(C(=O)NCCNC(=O)OC(C)(C)C)cs1. The molecule has 1 unspecified atom stereocenters. The summed E-state index contributed by atoms with van der Waals surface area (Å²) in [5.74, 6) is -0.490. The van der Waals surface area contributed by atoms with E-state index in [-0.39, 0.29) is 36.6 Å². The molecule has 1 aromatic heterocycles. The van der Waals surface area contributed by atoms with Gasteiger partial charge in [0, 0.05) is 25.4 Å². The number of alkyl carbamates (subject to hydrolysis) is 1. The predicted molar refractivity (Wildman–Crippen MR) is 90.9 cm³/mol. The molecule has 8 nitrogen and oxygen atoms in total. The minimum atomic E-state index is -0.561. The van der Waals surface area contributed by atoms with Gasteiger partial charge < -0.3 is 20.7 Å². The van der Waals surface area contributed by atoms with Gasteiger partial charge in [0.15, 0.2) is 0 Å². The van der Waals surface area contributed by atoms with Gasteiger partial charge in [0.25, 0.3) is 5.91 Å². The molecule has 0 spiro atoms. The van der Waals surface area contributed by atoms with Crippen LogP contribution in [0.5, 0.6) is 0 Å². The number of ether oxygens (including phenoxy) is 1. The van der Waals surface area contributed by atoms with Crippen LogP contribution in [-0.2, 0) is 9.53 Å². The Bertz CT molecular complexity index is 595. The second-order valence-corrected chi connectivity index (χ2v) is 7.07. The van der Waals surface area contributed by atoms with Crippen molar-refractivity contribution in [3.05, 3.63) is 16.1 Å².